The summed E-state index contributed by atoms with van der Waals surface area (Å²) in [5.74, 6) is 0.146. The van der Waals surface area contributed by atoms with E-state index in [1.165, 1.54) is 27.7 Å². The zero-order chi connectivity index (χ0) is 20.6. The average molecular weight is 415 g/mol. The van der Waals surface area contributed by atoms with Gasteiger partial charge >= 0.3 is 0 Å². The van der Waals surface area contributed by atoms with Gasteiger partial charge in [-0.1, -0.05) is 25.7 Å². The summed E-state index contributed by atoms with van der Waals surface area (Å²) in [6, 6.07) is 0. The molecule has 0 radical (unpaired) electrons. The highest BCUT2D eigenvalue weighted by atomic mass is 32.2. The van der Waals surface area contributed by atoms with Crippen LogP contribution in [0.25, 0.3) is 0 Å². The van der Waals surface area contributed by atoms with Gasteiger partial charge in [-0.3, -0.25) is 13.9 Å². The lowest BCUT2D eigenvalue weighted by atomic mass is 10.00. The first-order valence-electron chi connectivity index (χ1n) is 9.06. The maximum Gasteiger partial charge on any atom is 0.270 e. The average Bonchev–Trinajstić information content (AvgIpc) is 2.43. The molecule has 0 aromatic heterocycles. The molecule has 0 heterocycles. The van der Waals surface area contributed by atoms with Crippen LogP contribution in [0.5, 0.6) is 0 Å². The van der Waals surface area contributed by atoms with Crippen LogP contribution in [0.2, 0.25) is 0 Å². The molecule has 0 unspecified atom stereocenters. The van der Waals surface area contributed by atoms with E-state index in [9.17, 15) is 21.6 Å². The van der Waals surface area contributed by atoms with Crippen molar-refractivity contribution in [3.63, 3.8) is 0 Å². The Kier molecular flexibility index (Phi) is 9.95. The first kappa shape index (κ1) is 25.5. The van der Waals surface area contributed by atoms with Gasteiger partial charge in [-0.15, -0.1) is 0 Å². The number of rotatable bonds is 14. The van der Waals surface area contributed by atoms with Gasteiger partial charge in [-0.05, 0) is 53.4 Å². The minimum absolute atomic E-state index is 0.146. The van der Waals surface area contributed by atoms with Crippen LogP contribution in [0, 0.1) is 0 Å². The van der Waals surface area contributed by atoms with Crippen molar-refractivity contribution in [3.8, 4) is 0 Å². The van der Waals surface area contributed by atoms with Crippen molar-refractivity contribution in [2.45, 2.75) is 101 Å². The Morgan fingerprint density at radius 2 is 0.962 bits per heavy atom. The molecule has 7 nitrogen and oxygen atoms in total. The predicted octanol–water partition coefficient (Wildman–Crippen LogP) is 3.79. The largest absolute Gasteiger partial charge is 0.300 e. The minimum Gasteiger partial charge on any atom is -0.300 e. The molecule has 2 N–H and O–H groups in total. The maximum absolute atomic E-state index is 11.8. The number of Topliss-reactive ketones (excluding diaryl/α,β-unsaturated/α-hetero) is 1. The molecule has 0 aromatic rings. The van der Waals surface area contributed by atoms with Gasteiger partial charge in [0.15, 0.2) is 0 Å². The molecule has 0 spiro atoms. The Morgan fingerprint density at radius 1 is 0.654 bits per heavy atom. The number of ketones is 1. The summed E-state index contributed by atoms with van der Waals surface area (Å²) in [7, 11) is -8.13. The smallest absolute Gasteiger partial charge is 0.270 e. The van der Waals surface area contributed by atoms with E-state index in [0.29, 0.717) is 51.4 Å². The van der Waals surface area contributed by atoms with Gasteiger partial charge in [0.05, 0.1) is 9.49 Å². The van der Waals surface area contributed by atoms with Crippen LogP contribution in [0.15, 0.2) is 0 Å². The van der Waals surface area contributed by atoms with Gasteiger partial charge in [-0.2, -0.15) is 16.8 Å². The molecule has 0 aliphatic carbocycles. The van der Waals surface area contributed by atoms with Gasteiger partial charge in [0, 0.05) is 12.8 Å². The Labute approximate surface area is 158 Å². The Hall–Kier alpha value is -0.510. The van der Waals surface area contributed by atoms with Gasteiger partial charge in [-0.25, -0.2) is 0 Å². The molecule has 0 saturated carbocycles. The van der Waals surface area contributed by atoms with Crippen molar-refractivity contribution in [1.29, 1.82) is 0 Å². The molecule has 0 aliphatic rings. The van der Waals surface area contributed by atoms with Crippen molar-refractivity contribution in [2.24, 2.45) is 0 Å². The molecule has 0 fully saturated rings. The predicted molar refractivity (Wildman–Crippen MR) is 102 cm³/mol. The van der Waals surface area contributed by atoms with Crippen LogP contribution in [0.3, 0.4) is 0 Å². The number of unbranched alkanes of at least 4 members (excludes halogenated alkanes) is 4. The lowest BCUT2D eigenvalue weighted by Crippen LogP contribution is -2.31. The first-order chi connectivity index (χ1) is 11.6. The van der Waals surface area contributed by atoms with Gasteiger partial charge in [0.2, 0.25) is 0 Å². The highest BCUT2D eigenvalue weighted by Crippen LogP contribution is 2.24. The van der Waals surface area contributed by atoms with E-state index in [-0.39, 0.29) is 5.78 Å². The zero-order valence-corrected chi connectivity index (χ0v) is 18.0. The van der Waals surface area contributed by atoms with Crippen molar-refractivity contribution in [1.82, 2.24) is 0 Å². The first-order valence-corrected chi connectivity index (χ1v) is 11.9. The lowest BCUT2D eigenvalue weighted by Gasteiger charge is -2.20. The summed E-state index contributed by atoms with van der Waals surface area (Å²) >= 11 is 0. The standard InChI is InChI=1S/C17H34O7S2/c1-16(2,25(19,20)21)13-9-5-7-11-15(18)12-8-6-10-14-17(3,4)26(22,23)24/h5-14H2,1-4H3,(H,19,20,21)(H,22,23,24). The quantitative estimate of drug-likeness (QED) is 0.327. The Morgan fingerprint density at radius 3 is 1.23 bits per heavy atom. The maximum atomic E-state index is 11.8. The third-order valence-corrected chi connectivity index (χ3v) is 8.07. The minimum atomic E-state index is -4.06. The summed E-state index contributed by atoms with van der Waals surface area (Å²) in [4.78, 5) is 11.8. The number of carbonyl (C=O) groups is 1. The third-order valence-electron chi connectivity index (χ3n) is 4.87. The van der Waals surface area contributed by atoms with Gasteiger partial charge < -0.3 is 0 Å². The fraction of sp³-hybridized carbons (Fsp3) is 0.941. The van der Waals surface area contributed by atoms with E-state index >= 15 is 0 Å². The lowest BCUT2D eigenvalue weighted by molar-refractivity contribution is -0.119. The summed E-state index contributed by atoms with van der Waals surface area (Å²) in [5.41, 5.74) is 0. The van der Waals surface area contributed by atoms with E-state index in [4.69, 9.17) is 9.11 Å². The van der Waals surface area contributed by atoms with Crippen LogP contribution >= 0.6 is 0 Å². The zero-order valence-electron chi connectivity index (χ0n) is 16.3. The molecule has 26 heavy (non-hydrogen) atoms. The summed E-state index contributed by atoms with van der Waals surface area (Å²) in [6.45, 7) is 5.93. The fourth-order valence-corrected chi connectivity index (χ4v) is 3.29. The second-order valence-electron chi connectivity index (χ2n) is 8.13. The van der Waals surface area contributed by atoms with Crippen LogP contribution in [-0.2, 0) is 25.0 Å². The van der Waals surface area contributed by atoms with E-state index in [1.807, 2.05) is 0 Å². The molecule has 0 saturated heterocycles. The van der Waals surface area contributed by atoms with E-state index in [2.05, 4.69) is 0 Å². The molecule has 9 heteroatoms. The van der Waals surface area contributed by atoms with E-state index in [0.717, 1.165) is 12.8 Å². The molecule has 0 amide bonds. The van der Waals surface area contributed by atoms with Crippen LogP contribution in [0.1, 0.15) is 91.9 Å². The monoisotopic (exact) mass is 414 g/mol. The highest BCUT2D eigenvalue weighted by Gasteiger charge is 2.32. The third kappa shape index (κ3) is 9.43. The molecular formula is C17H34O7S2. The topological polar surface area (TPSA) is 126 Å². The fourth-order valence-electron chi connectivity index (χ4n) is 2.48. The van der Waals surface area contributed by atoms with E-state index < -0.39 is 29.7 Å². The van der Waals surface area contributed by atoms with Crippen molar-refractivity contribution >= 4 is 26.0 Å². The molecule has 0 aromatic carbocycles. The number of carbonyl (C=O) groups excluding carboxylic acids is 1. The number of hydrogen-bond acceptors (Lipinski definition) is 5. The van der Waals surface area contributed by atoms with Crippen molar-refractivity contribution in [3.05, 3.63) is 0 Å². The highest BCUT2D eigenvalue weighted by molar-refractivity contribution is 7.87. The molecular weight excluding hydrogens is 380 g/mol. The Bertz CT molecular complexity index is 591. The van der Waals surface area contributed by atoms with Gasteiger partial charge in [0.25, 0.3) is 20.2 Å². The molecule has 0 bridgehead atoms. The second-order valence-corrected chi connectivity index (χ2v) is 12.2. The normalized spacial score (nSPS) is 13.8. The molecule has 0 rings (SSSR count). The van der Waals surface area contributed by atoms with Crippen LogP contribution in [-0.4, -0.2) is 41.2 Å². The van der Waals surface area contributed by atoms with Gasteiger partial charge in [0.1, 0.15) is 5.78 Å². The van der Waals surface area contributed by atoms with Crippen molar-refractivity contribution in [2.75, 3.05) is 0 Å². The summed E-state index contributed by atoms with van der Waals surface area (Å²) in [6.07, 6.45) is 5.70. The van der Waals surface area contributed by atoms with Crippen LogP contribution < -0.4 is 0 Å². The SMILES string of the molecule is CC(C)(CCCCCC(=O)CCCCCC(C)(C)S(=O)(=O)O)S(=O)(=O)O. The van der Waals surface area contributed by atoms with Crippen LogP contribution in [0.4, 0.5) is 0 Å². The summed E-state index contributed by atoms with van der Waals surface area (Å²) < 4.78 is 60.5. The molecule has 0 aliphatic heterocycles. The molecule has 0 atom stereocenters. The Balaban J connectivity index is 3.83. The molecule has 156 valence electrons. The summed E-state index contributed by atoms with van der Waals surface area (Å²) in [5, 5.41) is 0. The van der Waals surface area contributed by atoms with E-state index in [1.54, 1.807) is 0 Å². The number of hydrogen-bond donors (Lipinski definition) is 2. The second kappa shape index (κ2) is 10.1. The van der Waals surface area contributed by atoms with Crippen molar-refractivity contribution < 1.29 is 30.7 Å².